The zero-order valence-corrected chi connectivity index (χ0v) is 13.0. The molecule has 21 heavy (non-hydrogen) atoms. The number of nitrogens with zero attached hydrogens (tertiary/aromatic N) is 4. The van der Waals surface area contributed by atoms with Crippen LogP contribution in [0, 0.1) is 6.92 Å². The first-order valence-electron chi connectivity index (χ1n) is 7.92. The highest BCUT2D eigenvalue weighted by molar-refractivity contribution is 5.73. The van der Waals surface area contributed by atoms with Crippen LogP contribution in [0.3, 0.4) is 0 Å². The summed E-state index contributed by atoms with van der Waals surface area (Å²) in [5, 5.41) is 0. The fourth-order valence-corrected chi connectivity index (χ4v) is 3.54. The normalized spacial score (nSPS) is 24.5. The van der Waals surface area contributed by atoms with Crippen molar-refractivity contribution in [3.05, 3.63) is 23.8 Å². The standard InChI is InChI=1S/C16H24N4O/c1-12-3-7-17-16(18-12)14-4-8-20(11-14)15-5-9-19(10-6-15)13(2)21/h3,7,14-15H,4-6,8-11H2,1-2H3/t14-/m1/s1. The molecule has 5 heteroatoms. The summed E-state index contributed by atoms with van der Waals surface area (Å²) in [6.45, 7) is 7.70. The van der Waals surface area contributed by atoms with E-state index in [1.165, 1.54) is 0 Å². The predicted molar refractivity (Wildman–Crippen MR) is 81.0 cm³/mol. The molecule has 114 valence electrons. The Hall–Kier alpha value is -1.49. The van der Waals surface area contributed by atoms with Crippen molar-refractivity contribution in [1.82, 2.24) is 19.8 Å². The molecular formula is C16H24N4O. The monoisotopic (exact) mass is 288 g/mol. The van der Waals surface area contributed by atoms with E-state index >= 15 is 0 Å². The Bertz CT molecular complexity index is 511. The Morgan fingerprint density at radius 2 is 2.00 bits per heavy atom. The summed E-state index contributed by atoms with van der Waals surface area (Å²) in [6, 6.07) is 2.57. The second-order valence-electron chi connectivity index (χ2n) is 6.27. The third-order valence-corrected chi connectivity index (χ3v) is 4.82. The first-order valence-corrected chi connectivity index (χ1v) is 7.92. The van der Waals surface area contributed by atoms with E-state index in [-0.39, 0.29) is 5.91 Å². The van der Waals surface area contributed by atoms with Crippen LogP contribution in [-0.2, 0) is 4.79 Å². The average molecular weight is 288 g/mol. The molecule has 1 aromatic heterocycles. The van der Waals surface area contributed by atoms with Crippen LogP contribution in [0.5, 0.6) is 0 Å². The number of aromatic nitrogens is 2. The van der Waals surface area contributed by atoms with Crippen LogP contribution >= 0.6 is 0 Å². The minimum absolute atomic E-state index is 0.209. The molecule has 1 atom stereocenters. The van der Waals surface area contributed by atoms with Gasteiger partial charge in [-0.25, -0.2) is 9.97 Å². The molecule has 2 saturated heterocycles. The zero-order chi connectivity index (χ0) is 14.8. The average Bonchev–Trinajstić information content (AvgIpc) is 2.97. The van der Waals surface area contributed by atoms with Gasteiger partial charge < -0.3 is 4.90 Å². The summed E-state index contributed by atoms with van der Waals surface area (Å²) in [5.41, 5.74) is 1.05. The molecule has 0 aromatic carbocycles. The van der Waals surface area contributed by atoms with Crippen LogP contribution in [0.1, 0.15) is 43.6 Å². The van der Waals surface area contributed by atoms with Crippen molar-refractivity contribution in [3.8, 4) is 0 Å². The molecule has 0 unspecified atom stereocenters. The Morgan fingerprint density at radius 1 is 1.24 bits per heavy atom. The summed E-state index contributed by atoms with van der Waals surface area (Å²) in [4.78, 5) is 25.0. The first kappa shape index (κ1) is 14.4. The topological polar surface area (TPSA) is 49.3 Å². The number of aryl methyl sites for hydroxylation is 1. The Morgan fingerprint density at radius 3 is 2.67 bits per heavy atom. The minimum Gasteiger partial charge on any atom is -0.343 e. The van der Waals surface area contributed by atoms with Gasteiger partial charge in [-0.05, 0) is 38.8 Å². The third kappa shape index (κ3) is 3.23. The van der Waals surface area contributed by atoms with Gasteiger partial charge in [0, 0.05) is 50.4 Å². The van der Waals surface area contributed by atoms with Crippen LogP contribution in [0.2, 0.25) is 0 Å². The lowest BCUT2D eigenvalue weighted by Gasteiger charge is -2.36. The molecular weight excluding hydrogens is 264 g/mol. The van der Waals surface area contributed by atoms with Crippen LogP contribution in [0.4, 0.5) is 0 Å². The quantitative estimate of drug-likeness (QED) is 0.829. The number of piperidine rings is 1. The van der Waals surface area contributed by atoms with E-state index in [0.29, 0.717) is 12.0 Å². The van der Waals surface area contributed by atoms with Crippen molar-refractivity contribution in [2.45, 2.75) is 45.1 Å². The molecule has 0 aliphatic carbocycles. The number of carbonyl (C=O) groups excluding carboxylic acids is 1. The largest absolute Gasteiger partial charge is 0.343 e. The lowest BCUT2D eigenvalue weighted by molar-refractivity contribution is -0.130. The van der Waals surface area contributed by atoms with Gasteiger partial charge in [0.1, 0.15) is 5.82 Å². The number of rotatable bonds is 2. The molecule has 1 amide bonds. The number of amides is 1. The van der Waals surface area contributed by atoms with Crippen molar-refractivity contribution >= 4 is 5.91 Å². The maximum atomic E-state index is 11.4. The number of hydrogen-bond donors (Lipinski definition) is 0. The van der Waals surface area contributed by atoms with E-state index in [1.54, 1.807) is 6.92 Å². The van der Waals surface area contributed by atoms with Crippen molar-refractivity contribution in [3.63, 3.8) is 0 Å². The van der Waals surface area contributed by atoms with E-state index in [1.807, 2.05) is 24.1 Å². The second kappa shape index (κ2) is 6.10. The van der Waals surface area contributed by atoms with Crippen LogP contribution in [0.15, 0.2) is 12.3 Å². The van der Waals surface area contributed by atoms with Crippen molar-refractivity contribution in [2.75, 3.05) is 26.2 Å². The summed E-state index contributed by atoms with van der Waals surface area (Å²) in [7, 11) is 0. The predicted octanol–water partition coefficient (Wildman–Crippen LogP) is 1.59. The number of carbonyl (C=O) groups is 1. The highest BCUT2D eigenvalue weighted by Gasteiger charge is 2.32. The lowest BCUT2D eigenvalue weighted by Crippen LogP contribution is -2.45. The van der Waals surface area contributed by atoms with Gasteiger partial charge in [0.05, 0.1) is 0 Å². The molecule has 2 aliphatic heterocycles. The number of hydrogen-bond acceptors (Lipinski definition) is 4. The van der Waals surface area contributed by atoms with Crippen molar-refractivity contribution < 1.29 is 4.79 Å². The Labute approximate surface area is 126 Å². The smallest absolute Gasteiger partial charge is 0.219 e. The van der Waals surface area contributed by atoms with Gasteiger partial charge in [-0.3, -0.25) is 9.69 Å². The van der Waals surface area contributed by atoms with E-state index in [4.69, 9.17) is 0 Å². The number of likely N-dealkylation sites (tertiary alicyclic amines) is 2. The third-order valence-electron chi connectivity index (χ3n) is 4.82. The fourth-order valence-electron chi connectivity index (χ4n) is 3.54. The molecule has 0 bridgehead atoms. The molecule has 3 rings (SSSR count). The molecule has 0 radical (unpaired) electrons. The Balaban J connectivity index is 1.57. The van der Waals surface area contributed by atoms with Crippen LogP contribution < -0.4 is 0 Å². The molecule has 2 fully saturated rings. The van der Waals surface area contributed by atoms with E-state index in [0.717, 1.165) is 57.0 Å². The summed E-state index contributed by atoms with van der Waals surface area (Å²) < 4.78 is 0. The molecule has 2 aliphatic rings. The van der Waals surface area contributed by atoms with Gasteiger partial charge in [0.15, 0.2) is 0 Å². The highest BCUT2D eigenvalue weighted by atomic mass is 16.2. The molecule has 0 saturated carbocycles. The van der Waals surface area contributed by atoms with E-state index < -0.39 is 0 Å². The fraction of sp³-hybridized carbons (Fsp3) is 0.688. The first-order chi connectivity index (χ1) is 10.1. The van der Waals surface area contributed by atoms with Crippen molar-refractivity contribution in [1.29, 1.82) is 0 Å². The SMILES string of the molecule is CC(=O)N1CCC(N2CC[C@@H](c3nccc(C)n3)C2)CC1. The van der Waals surface area contributed by atoms with Gasteiger partial charge in [-0.2, -0.15) is 0 Å². The maximum absolute atomic E-state index is 11.4. The van der Waals surface area contributed by atoms with Gasteiger partial charge in [-0.15, -0.1) is 0 Å². The molecule has 0 N–H and O–H groups in total. The van der Waals surface area contributed by atoms with Gasteiger partial charge in [0.2, 0.25) is 5.91 Å². The van der Waals surface area contributed by atoms with Crippen molar-refractivity contribution in [2.24, 2.45) is 0 Å². The van der Waals surface area contributed by atoms with Crippen LogP contribution in [0.25, 0.3) is 0 Å². The van der Waals surface area contributed by atoms with Gasteiger partial charge in [0.25, 0.3) is 0 Å². The van der Waals surface area contributed by atoms with E-state index in [9.17, 15) is 4.79 Å². The van der Waals surface area contributed by atoms with Gasteiger partial charge in [-0.1, -0.05) is 0 Å². The Kier molecular flexibility index (Phi) is 4.19. The molecule has 0 spiro atoms. The van der Waals surface area contributed by atoms with E-state index in [2.05, 4.69) is 14.9 Å². The summed E-state index contributed by atoms with van der Waals surface area (Å²) in [5.74, 6) is 1.68. The summed E-state index contributed by atoms with van der Waals surface area (Å²) >= 11 is 0. The lowest BCUT2D eigenvalue weighted by atomic mass is 10.0. The van der Waals surface area contributed by atoms with Gasteiger partial charge >= 0.3 is 0 Å². The molecule has 5 nitrogen and oxygen atoms in total. The zero-order valence-electron chi connectivity index (χ0n) is 13.0. The van der Waals surface area contributed by atoms with Crippen LogP contribution in [-0.4, -0.2) is 57.9 Å². The minimum atomic E-state index is 0.209. The molecule has 1 aromatic rings. The second-order valence-corrected chi connectivity index (χ2v) is 6.27. The summed E-state index contributed by atoms with van der Waals surface area (Å²) in [6.07, 6.45) is 5.21. The maximum Gasteiger partial charge on any atom is 0.219 e. The molecule has 3 heterocycles. The highest BCUT2D eigenvalue weighted by Crippen LogP contribution is 2.29.